The number of aromatic nitrogens is 2. The lowest BCUT2D eigenvalue weighted by atomic mass is 10.2. The van der Waals surface area contributed by atoms with Crippen LogP contribution in [0.25, 0.3) is 0 Å². The minimum absolute atomic E-state index is 0.188. The molecule has 0 aliphatic carbocycles. The molecule has 1 aromatic heterocycles. The molecule has 2 heterocycles. The molecule has 0 amide bonds. The molecule has 1 atom stereocenters. The van der Waals surface area contributed by atoms with Gasteiger partial charge in [0, 0.05) is 0 Å². The molecule has 1 unspecified atom stereocenters. The van der Waals surface area contributed by atoms with Crippen LogP contribution >= 0.6 is 0 Å². The Morgan fingerprint density at radius 1 is 1.07 bits per heavy atom. The highest BCUT2D eigenvalue weighted by Crippen LogP contribution is 2.24. The Balaban J connectivity index is 1.35. The molecule has 0 N–H and O–H groups in total. The van der Waals surface area contributed by atoms with E-state index in [1.165, 1.54) is 4.57 Å². The molecule has 9 nitrogen and oxygen atoms in total. The van der Waals surface area contributed by atoms with E-state index in [1.54, 1.807) is 0 Å². The van der Waals surface area contributed by atoms with Crippen LogP contribution in [0.3, 0.4) is 0 Å². The van der Waals surface area contributed by atoms with E-state index < -0.39 is 26.7 Å². The van der Waals surface area contributed by atoms with Crippen LogP contribution in [0, 0.1) is 10.1 Å². The molecular weight excluding hydrogens is 410 g/mol. The highest BCUT2D eigenvalue weighted by Gasteiger charge is 2.38. The first-order chi connectivity index (χ1) is 14.4. The molecule has 2 aromatic carbocycles. The third-order valence-electron chi connectivity index (χ3n) is 4.66. The molecule has 1 aliphatic heterocycles. The Bertz CT molecular complexity index is 1140. The van der Waals surface area contributed by atoms with E-state index in [-0.39, 0.29) is 24.1 Å². The zero-order valence-corrected chi connectivity index (χ0v) is 16.7. The van der Waals surface area contributed by atoms with Crippen molar-refractivity contribution in [1.29, 1.82) is 0 Å². The van der Waals surface area contributed by atoms with Gasteiger partial charge in [-0.25, -0.2) is 8.42 Å². The van der Waals surface area contributed by atoms with E-state index in [0.29, 0.717) is 6.61 Å². The lowest BCUT2D eigenvalue weighted by Gasteiger charge is -2.22. The lowest BCUT2D eigenvalue weighted by molar-refractivity contribution is -0.389. The second-order valence-electron chi connectivity index (χ2n) is 6.92. The Morgan fingerprint density at radius 2 is 1.77 bits per heavy atom. The predicted molar refractivity (Wildman–Crippen MR) is 107 cm³/mol. The minimum atomic E-state index is -3.75. The smallest absolute Gasteiger partial charge is 0.383 e. The molecule has 30 heavy (non-hydrogen) atoms. The molecule has 0 spiro atoms. The van der Waals surface area contributed by atoms with Crippen molar-refractivity contribution in [2.24, 2.45) is 0 Å². The first-order valence-corrected chi connectivity index (χ1v) is 10.9. The zero-order chi connectivity index (χ0) is 21.1. The van der Waals surface area contributed by atoms with Gasteiger partial charge in [-0.05, 0) is 33.2 Å². The van der Waals surface area contributed by atoms with Crippen molar-refractivity contribution >= 4 is 15.7 Å². The summed E-state index contributed by atoms with van der Waals surface area (Å²) >= 11 is 0. The van der Waals surface area contributed by atoms with Crippen LogP contribution in [0.4, 0.5) is 5.82 Å². The van der Waals surface area contributed by atoms with Crippen LogP contribution in [-0.2, 0) is 34.3 Å². The highest BCUT2D eigenvalue weighted by molar-refractivity contribution is 7.91. The summed E-state index contributed by atoms with van der Waals surface area (Å²) in [7, 11) is -3.75. The number of ether oxygens (including phenoxy) is 2. The van der Waals surface area contributed by atoms with Crippen molar-refractivity contribution in [2.75, 3.05) is 5.75 Å². The average Bonchev–Trinajstić information content (AvgIpc) is 3.18. The number of sulfone groups is 1. The zero-order valence-electron chi connectivity index (χ0n) is 15.9. The van der Waals surface area contributed by atoms with Gasteiger partial charge in [0.25, 0.3) is 0 Å². The van der Waals surface area contributed by atoms with Gasteiger partial charge in [-0.3, -0.25) is 4.57 Å². The van der Waals surface area contributed by atoms with Crippen LogP contribution < -0.4 is 4.74 Å². The van der Waals surface area contributed by atoms with E-state index >= 15 is 0 Å². The topological polar surface area (TPSA) is 114 Å². The number of fused-ring (bicyclic) bond motifs is 1. The Morgan fingerprint density at radius 3 is 2.47 bits per heavy atom. The molecule has 0 bridgehead atoms. The fraction of sp³-hybridized carbons (Fsp3) is 0.250. The third-order valence-corrected chi connectivity index (χ3v) is 6.35. The molecule has 1 aliphatic rings. The fourth-order valence-electron chi connectivity index (χ4n) is 3.18. The number of rotatable bonds is 7. The van der Waals surface area contributed by atoms with E-state index in [2.05, 4.69) is 4.98 Å². The van der Waals surface area contributed by atoms with E-state index in [4.69, 9.17) is 9.47 Å². The van der Waals surface area contributed by atoms with Crippen molar-refractivity contribution < 1.29 is 22.8 Å². The van der Waals surface area contributed by atoms with Crippen molar-refractivity contribution in [2.45, 2.75) is 31.0 Å². The minimum Gasteiger partial charge on any atom is -0.489 e. The van der Waals surface area contributed by atoms with Crippen LogP contribution in [0.1, 0.15) is 11.1 Å². The van der Waals surface area contributed by atoms with Gasteiger partial charge < -0.3 is 19.6 Å². The predicted octanol–water partition coefficient (Wildman–Crippen LogP) is 2.74. The van der Waals surface area contributed by atoms with E-state index in [0.717, 1.165) is 23.1 Å². The number of benzene rings is 2. The summed E-state index contributed by atoms with van der Waals surface area (Å²) in [6.45, 7) is 0.870. The van der Waals surface area contributed by atoms with Crippen molar-refractivity contribution in [3.63, 3.8) is 0 Å². The first-order valence-electron chi connectivity index (χ1n) is 9.22. The molecule has 0 saturated heterocycles. The Kier molecular flexibility index (Phi) is 5.51. The first kappa shape index (κ1) is 20.0. The Hall–Kier alpha value is -3.24. The average molecular weight is 429 g/mol. The molecule has 0 radical (unpaired) electrons. The van der Waals surface area contributed by atoms with Crippen molar-refractivity contribution in [1.82, 2.24) is 9.55 Å². The van der Waals surface area contributed by atoms with Gasteiger partial charge in [0.1, 0.15) is 18.6 Å². The van der Waals surface area contributed by atoms with Gasteiger partial charge in [0.15, 0.2) is 0 Å². The van der Waals surface area contributed by atoms with Crippen LogP contribution in [-0.4, -0.2) is 34.7 Å². The van der Waals surface area contributed by atoms with E-state index in [1.807, 2.05) is 54.6 Å². The second-order valence-corrected chi connectivity index (χ2v) is 8.85. The molecule has 3 aromatic rings. The van der Waals surface area contributed by atoms with Gasteiger partial charge >= 0.3 is 11.0 Å². The molecule has 10 heteroatoms. The summed E-state index contributed by atoms with van der Waals surface area (Å²) in [5, 5.41) is 10.6. The number of nitrogens with zero attached hydrogens (tertiary/aromatic N) is 3. The summed E-state index contributed by atoms with van der Waals surface area (Å²) in [4.78, 5) is 13.8. The second kappa shape index (κ2) is 8.25. The number of hydrogen-bond acceptors (Lipinski definition) is 7. The molecule has 0 fully saturated rings. The highest BCUT2D eigenvalue weighted by atomic mass is 32.2. The number of imidazole rings is 1. The Labute approximate surface area is 173 Å². The third kappa shape index (κ3) is 4.50. The molecule has 156 valence electrons. The van der Waals surface area contributed by atoms with Gasteiger partial charge in [0.2, 0.25) is 9.84 Å². The van der Waals surface area contributed by atoms with Crippen molar-refractivity contribution in [3.05, 3.63) is 82.0 Å². The maximum atomic E-state index is 12.4. The van der Waals surface area contributed by atoms with Gasteiger partial charge in [-0.15, -0.1) is 0 Å². The molecule has 0 saturated carbocycles. The van der Waals surface area contributed by atoms with E-state index in [9.17, 15) is 18.5 Å². The summed E-state index contributed by atoms with van der Waals surface area (Å²) in [6.07, 6.45) is 0.506. The SMILES string of the molecule is O=[N+]([O-])c1cn2c(n1)S(=O)(=O)CC(OCc1ccc(OCc3ccccc3)cc1)C2. The van der Waals surface area contributed by atoms with Gasteiger partial charge in [-0.1, -0.05) is 42.5 Å². The number of nitro groups is 1. The maximum absolute atomic E-state index is 12.4. The van der Waals surface area contributed by atoms with Crippen molar-refractivity contribution in [3.8, 4) is 5.75 Å². The maximum Gasteiger partial charge on any atom is 0.383 e. The van der Waals surface area contributed by atoms with Gasteiger partial charge in [-0.2, -0.15) is 0 Å². The van der Waals surface area contributed by atoms with Crippen LogP contribution in [0.5, 0.6) is 5.75 Å². The normalized spacial score (nSPS) is 17.3. The van der Waals surface area contributed by atoms with Crippen LogP contribution in [0.2, 0.25) is 0 Å². The monoisotopic (exact) mass is 429 g/mol. The summed E-state index contributed by atoms with van der Waals surface area (Å²) in [5.41, 5.74) is 1.93. The standard InChI is InChI=1S/C20H19N3O6S/c24-23(25)19-11-22-10-18(14-30(26,27)20(22)21-19)29-13-16-6-8-17(9-7-16)28-12-15-4-2-1-3-5-15/h1-9,11,18H,10,12-14H2. The fourth-order valence-corrected chi connectivity index (χ4v) is 4.74. The quantitative estimate of drug-likeness (QED) is 0.419. The summed E-state index contributed by atoms with van der Waals surface area (Å²) in [6, 6.07) is 17.2. The largest absolute Gasteiger partial charge is 0.489 e. The molecular formula is C20H19N3O6S. The molecule has 4 rings (SSSR count). The van der Waals surface area contributed by atoms with Gasteiger partial charge in [0.05, 0.1) is 25.0 Å². The summed E-state index contributed by atoms with van der Waals surface area (Å²) in [5.74, 6) is -0.0297. The summed E-state index contributed by atoms with van der Waals surface area (Å²) < 4.78 is 37.5. The van der Waals surface area contributed by atoms with Crippen LogP contribution in [0.15, 0.2) is 66.0 Å². The lowest BCUT2D eigenvalue weighted by Crippen LogP contribution is -2.35. The number of hydrogen-bond donors (Lipinski definition) is 0.